The van der Waals surface area contributed by atoms with Crippen molar-refractivity contribution in [1.29, 1.82) is 0 Å². The third-order valence-corrected chi connectivity index (χ3v) is 5.24. The summed E-state index contributed by atoms with van der Waals surface area (Å²) in [6.45, 7) is 3.83. The largest absolute Gasteiger partial charge is 0.496 e. The number of aromatic nitrogens is 3. The number of benzene rings is 2. The van der Waals surface area contributed by atoms with E-state index in [4.69, 9.17) is 4.74 Å². The number of hydrogen-bond acceptors (Lipinski definition) is 4. The van der Waals surface area contributed by atoms with E-state index < -0.39 is 0 Å². The number of carbonyl (C=O) groups excluding carboxylic acids is 1. The molecule has 0 N–H and O–H groups in total. The Kier molecular flexibility index (Phi) is 4.86. The van der Waals surface area contributed by atoms with Crippen LogP contribution in [0.15, 0.2) is 60.9 Å². The van der Waals surface area contributed by atoms with Crippen LogP contribution < -0.4 is 9.64 Å². The first-order valence-corrected chi connectivity index (χ1v) is 9.52. The molecule has 0 radical (unpaired) electrons. The number of anilines is 1. The van der Waals surface area contributed by atoms with Crippen LogP contribution in [0.3, 0.4) is 0 Å². The number of methoxy groups -OCH3 is 1. The highest BCUT2D eigenvalue weighted by atomic mass is 16.5. The second-order valence-electron chi connectivity index (χ2n) is 7.29. The van der Waals surface area contributed by atoms with Crippen molar-refractivity contribution in [3.05, 3.63) is 72.1 Å². The summed E-state index contributed by atoms with van der Waals surface area (Å²) in [6.07, 6.45) is 2.21. The Morgan fingerprint density at radius 2 is 1.79 bits per heavy atom. The number of hydrogen-bond donors (Lipinski definition) is 0. The number of amides is 1. The van der Waals surface area contributed by atoms with Gasteiger partial charge in [-0.25, -0.2) is 4.68 Å². The van der Waals surface area contributed by atoms with Crippen molar-refractivity contribution in [2.24, 2.45) is 5.92 Å². The van der Waals surface area contributed by atoms with Gasteiger partial charge in [0.15, 0.2) is 0 Å². The Bertz CT molecular complexity index is 967. The van der Waals surface area contributed by atoms with Gasteiger partial charge in [-0.2, -0.15) is 10.1 Å². The Labute approximate surface area is 164 Å². The second-order valence-corrected chi connectivity index (χ2v) is 7.29. The number of para-hydroxylation sites is 1. The Morgan fingerprint density at radius 1 is 1.07 bits per heavy atom. The molecule has 0 unspecified atom stereocenters. The third-order valence-electron chi connectivity index (χ3n) is 5.24. The van der Waals surface area contributed by atoms with E-state index in [0.717, 1.165) is 16.9 Å². The standard InChI is InChI=1S/C22H24N4O2/c1-15(2)21(27)25-18(16-9-5-4-6-10-16)13-19(26-22(25)23-14-24-26)17-11-7-8-12-20(17)28-3/h4-12,14-15,18-19H,13H2,1-3H3/t18-,19-/m1/s1. The van der Waals surface area contributed by atoms with Crippen molar-refractivity contribution >= 4 is 11.9 Å². The van der Waals surface area contributed by atoms with Gasteiger partial charge in [-0.05, 0) is 18.1 Å². The van der Waals surface area contributed by atoms with Crippen LogP contribution in [-0.4, -0.2) is 27.8 Å². The molecule has 1 aliphatic heterocycles. The van der Waals surface area contributed by atoms with Crippen molar-refractivity contribution in [1.82, 2.24) is 14.8 Å². The molecule has 0 saturated carbocycles. The molecule has 4 rings (SSSR count). The zero-order chi connectivity index (χ0) is 19.7. The van der Waals surface area contributed by atoms with Crippen molar-refractivity contribution in [2.45, 2.75) is 32.4 Å². The SMILES string of the molecule is COc1ccccc1[C@H]1C[C@H](c2ccccc2)N(C(=O)C(C)C)c2ncnn21. The lowest BCUT2D eigenvalue weighted by Crippen LogP contribution is -2.44. The maximum Gasteiger partial charge on any atom is 0.232 e. The molecule has 1 aromatic heterocycles. The molecule has 2 heterocycles. The quantitative estimate of drug-likeness (QED) is 0.690. The molecule has 1 amide bonds. The average Bonchev–Trinajstić information content (AvgIpc) is 3.22. The first-order valence-electron chi connectivity index (χ1n) is 9.52. The van der Waals surface area contributed by atoms with Crippen molar-refractivity contribution in [3.63, 3.8) is 0 Å². The lowest BCUT2D eigenvalue weighted by Gasteiger charge is -2.40. The lowest BCUT2D eigenvalue weighted by atomic mass is 9.91. The van der Waals surface area contributed by atoms with Gasteiger partial charge in [0, 0.05) is 11.5 Å². The number of ether oxygens (including phenoxy) is 1. The molecular weight excluding hydrogens is 352 g/mol. The fourth-order valence-corrected chi connectivity index (χ4v) is 3.88. The molecule has 2 aromatic carbocycles. The van der Waals surface area contributed by atoms with E-state index in [1.54, 1.807) is 12.0 Å². The second kappa shape index (κ2) is 7.46. The van der Waals surface area contributed by atoms with Gasteiger partial charge in [0.2, 0.25) is 11.9 Å². The maximum atomic E-state index is 13.1. The van der Waals surface area contributed by atoms with Crippen LogP contribution in [0.4, 0.5) is 5.95 Å². The van der Waals surface area contributed by atoms with Gasteiger partial charge in [-0.3, -0.25) is 9.69 Å². The van der Waals surface area contributed by atoms with Gasteiger partial charge >= 0.3 is 0 Å². The predicted molar refractivity (Wildman–Crippen MR) is 107 cm³/mol. The Morgan fingerprint density at radius 3 is 2.50 bits per heavy atom. The maximum absolute atomic E-state index is 13.1. The van der Waals surface area contributed by atoms with E-state index in [0.29, 0.717) is 12.4 Å². The van der Waals surface area contributed by atoms with E-state index in [2.05, 4.69) is 28.3 Å². The summed E-state index contributed by atoms with van der Waals surface area (Å²) in [5.74, 6) is 1.29. The smallest absolute Gasteiger partial charge is 0.232 e. The van der Waals surface area contributed by atoms with Crippen LogP contribution >= 0.6 is 0 Å². The summed E-state index contributed by atoms with van der Waals surface area (Å²) in [7, 11) is 1.67. The third kappa shape index (κ3) is 3.05. The molecule has 6 nitrogen and oxygen atoms in total. The molecule has 144 valence electrons. The summed E-state index contributed by atoms with van der Waals surface area (Å²) in [6, 6.07) is 17.9. The molecule has 0 fully saturated rings. The predicted octanol–water partition coefficient (Wildman–Crippen LogP) is 4.01. The normalized spacial score (nSPS) is 18.8. The fourth-order valence-electron chi connectivity index (χ4n) is 3.88. The molecule has 0 aliphatic carbocycles. The molecule has 0 spiro atoms. The van der Waals surface area contributed by atoms with Gasteiger partial charge in [0.25, 0.3) is 0 Å². The van der Waals surface area contributed by atoms with E-state index in [1.165, 1.54) is 6.33 Å². The van der Waals surface area contributed by atoms with E-state index >= 15 is 0 Å². The average molecular weight is 376 g/mol. The van der Waals surface area contributed by atoms with Crippen LogP contribution in [-0.2, 0) is 4.79 Å². The van der Waals surface area contributed by atoms with Crippen LogP contribution in [0, 0.1) is 5.92 Å². The van der Waals surface area contributed by atoms with E-state index in [9.17, 15) is 4.79 Å². The molecule has 6 heteroatoms. The molecule has 0 bridgehead atoms. The minimum absolute atomic E-state index is 0.0431. The molecule has 3 aromatic rings. The first kappa shape index (κ1) is 18.2. The van der Waals surface area contributed by atoms with Crippen LogP contribution in [0.25, 0.3) is 0 Å². The van der Waals surface area contributed by atoms with Gasteiger partial charge in [0.1, 0.15) is 12.1 Å². The molecule has 2 atom stereocenters. The monoisotopic (exact) mass is 376 g/mol. The summed E-state index contributed by atoms with van der Waals surface area (Å²) < 4.78 is 7.45. The topological polar surface area (TPSA) is 60.2 Å². The number of carbonyl (C=O) groups is 1. The van der Waals surface area contributed by atoms with Crippen LogP contribution in [0.5, 0.6) is 5.75 Å². The van der Waals surface area contributed by atoms with Crippen LogP contribution in [0.2, 0.25) is 0 Å². The van der Waals surface area contributed by atoms with Crippen molar-refractivity contribution in [2.75, 3.05) is 12.0 Å². The molecular formula is C22H24N4O2. The van der Waals surface area contributed by atoms with Gasteiger partial charge in [-0.1, -0.05) is 62.4 Å². The lowest BCUT2D eigenvalue weighted by molar-refractivity contribution is -0.122. The first-order chi connectivity index (χ1) is 13.6. The van der Waals surface area contributed by atoms with Crippen LogP contribution in [0.1, 0.15) is 43.5 Å². The number of rotatable bonds is 4. The highest BCUT2D eigenvalue weighted by Gasteiger charge is 2.40. The van der Waals surface area contributed by atoms with Gasteiger partial charge in [-0.15, -0.1) is 0 Å². The summed E-state index contributed by atoms with van der Waals surface area (Å²) in [4.78, 5) is 19.4. The molecule has 28 heavy (non-hydrogen) atoms. The summed E-state index contributed by atoms with van der Waals surface area (Å²) in [5, 5.41) is 4.47. The highest BCUT2D eigenvalue weighted by molar-refractivity contribution is 5.94. The minimum Gasteiger partial charge on any atom is -0.496 e. The van der Waals surface area contributed by atoms with Crippen molar-refractivity contribution in [3.8, 4) is 5.75 Å². The zero-order valence-electron chi connectivity index (χ0n) is 16.3. The summed E-state index contributed by atoms with van der Waals surface area (Å²) in [5.41, 5.74) is 2.12. The fraction of sp³-hybridized carbons (Fsp3) is 0.318. The number of nitrogens with zero attached hydrogens (tertiary/aromatic N) is 4. The minimum atomic E-state index is -0.140. The highest BCUT2D eigenvalue weighted by Crippen LogP contribution is 2.44. The van der Waals surface area contributed by atoms with Gasteiger partial charge in [0.05, 0.1) is 19.2 Å². The molecule has 0 saturated heterocycles. The van der Waals surface area contributed by atoms with E-state index in [-0.39, 0.29) is 23.9 Å². The number of fused-ring (bicyclic) bond motifs is 1. The molecule has 1 aliphatic rings. The summed E-state index contributed by atoms with van der Waals surface area (Å²) >= 11 is 0. The van der Waals surface area contributed by atoms with Crippen molar-refractivity contribution < 1.29 is 9.53 Å². The Balaban J connectivity index is 1.87. The van der Waals surface area contributed by atoms with E-state index in [1.807, 2.05) is 54.9 Å². The Hall–Kier alpha value is -3.15. The van der Waals surface area contributed by atoms with Gasteiger partial charge < -0.3 is 4.74 Å². The zero-order valence-corrected chi connectivity index (χ0v) is 16.3.